The summed E-state index contributed by atoms with van der Waals surface area (Å²) in [5.41, 5.74) is 1.01. The van der Waals surface area contributed by atoms with Crippen molar-refractivity contribution in [1.82, 2.24) is 0 Å². The Morgan fingerprint density at radius 3 is 2.40 bits per heavy atom. The lowest BCUT2D eigenvalue weighted by Gasteiger charge is -2.16. The van der Waals surface area contributed by atoms with Crippen molar-refractivity contribution in [1.29, 1.82) is 0 Å². The van der Waals surface area contributed by atoms with E-state index in [1.165, 1.54) is 0 Å². The van der Waals surface area contributed by atoms with Gasteiger partial charge in [-0.2, -0.15) is 0 Å². The molecule has 20 heavy (non-hydrogen) atoms. The molecule has 0 aliphatic carbocycles. The molecule has 0 heterocycles. The van der Waals surface area contributed by atoms with E-state index in [4.69, 9.17) is 0 Å². The molecule has 112 valence electrons. The normalized spacial score (nSPS) is 13.4. The van der Waals surface area contributed by atoms with Crippen molar-refractivity contribution in [3.05, 3.63) is 29.8 Å². The number of Topliss-reactive ketones (excluding diaryl/α,β-unsaturated/α-hetero) is 1. The van der Waals surface area contributed by atoms with Gasteiger partial charge in [0.25, 0.3) is 0 Å². The first-order chi connectivity index (χ1) is 9.28. The number of hydrogen-bond acceptors (Lipinski definition) is 3. The van der Waals surface area contributed by atoms with Crippen LogP contribution in [0.3, 0.4) is 0 Å². The number of hydrogen-bond donors (Lipinski definition) is 0. The summed E-state index contributed by atoms with van der Waals surface area (Å²) in [7, 11) is -3.24. The van der Waals surface area contributed by atoms with Gasteiger partial charge in [-0.25, -0.2) is 8.42 Å². The van der Waals surface area contributed by atoms with Crippen molar-refractivity contribution < 1.29 is 13.2 Å². The minimum absolute atomic E-state index is 0.175. The smallest absolute Gasteiger partial charge is 0.180 e. The molecule has 0 aliphatic rings. The molecular formula is C16H24O3S. The molecule has 1 aromatic rings. The van der Waals surface area contributed by atoms with Crippen molar-refractivity contribution in [3.8, 4) is 0 Å². The maximum Gasteiger partial charge on any atom is 0.180 e. The van der Waals surface area contributed by atoms with E-state index in [0.29, 0.717) is 11.3 Å². The Morgan fingerprint density at radius 1 is 1.25 bits per heavy atom. The first-order valence-corrected chi connectivity index (χ1v) is 8.67. The zero-order valence-electron chi connectivity index (χ0n) is 12.7. The van der Waals surface area contributed by atoms with Gasteiger partial charge < -0.3 is 4.79 Å². The molecule has 0 spiro atoms. The Labute approximate surface area is 122 Å². The fourth-order valence-corrected chi connectivity index (χ4v) is 3.31. The summed E-state index contributed by atoms with van der Waals surface area (Å²) in [5, 5.41) is -0.421. The quantitative estimate of drug-likeness (QED) is 0.770. The topological polar surface area (TPSA) is 51.2 Å². The minimum Gasteiger partial charge on any atom is -0.300 e. The molecule has 1 aromatic carbocycles. The molecule has 1 rings (SSSR count). The van der Waals surface area contributed by atoms with Gasteiger partial charge in [0.2, 0.25) is 0 Å². The monoisotopic (exact) mass is 296 g/mol. The fourth-order valence-electron chi connectivity index (χ4n) is 2.20. The van der Waals surface area contributed by atoms with Crippen LogP contribution in [-0.4, -0.2) is 19.5 Å². The van der Waals surface area contributed by atoms with E-state index in [1.54, 1.807) is 39.0 Å². The third-order valence-corrected chi connectivity index (χ3v) is 5.77. The predicted molar refractivity (Wildman–Crippen MR) is 81.7 cm³/mol. The van der Waals surface area contributed by atoms with Crippen LogP contribution in [-0.2, 0) is 14.6 Å². The summed E-state index contributed by atoms with van der Waals surface area (Å²) in [6.07, 6.45) is 2.22. The number of rotatable bonds is 7. The molecule has 0 saturated heterocycles. The molecule has 0 aliphatic heterocycles. The Morgan fingerprint density at radius 2 is 1.90 bits per heavy atom. The zero-order chi connectivity index (χ0) is 15.3. The van der Waals surface area contributed by atoms with E-state index >= 15 is 0 Å². The van der Waals surface area contributed by atoms with Crippen LogP contribution in [0.5, 0.6) is 0 Å². The summed E-state index contributed by atoms with van der Waals surface area (Å²) < 4.78 is 24.4. The summed E-state index contributed by atoms with van der Waals surface area (Å²) in [6, 6.07) is 7.16. The number of carbonyl (C=O) groups is 1. The van der Waals surface area contributed by atoms with Gasteiger partial charge in [0, 0.05) is 6.42 Å². The number of carbonyl (C=O) groups excluding carboxylic acids is 1. The van der Waals surface area contributed by atoms with Crippen LogP contribution in [0.25, 0.3) is 0 Å². The molecule has 0 N–H and O–H groups in total. The Bertz CT molecular complexity index is 559. The summed E-state index contributed by atoms with van der Waals surface area (Å²) >= 11 is 0. The van der Waals surface area contributed by atoms with Crippen LogP contribution in [0.1, 0.15) is 58.4 Å². The molecule has 0 aromatic heterocycles. The van der Waals surface area contributed by atoms with Crippen molar-refractivity contribution in [2.45, 2.75) is 63.0 Å². The van der Waals surface area contributed by atoms with Crippen LogP contribution < -0.4 is 0 Å². The predicted octanol–water partition coefficient (Wildman–Crippen LogP) is 3.73. The van der Waals surface area contributed by atoms with Crippen molar-refractivity contribution in [2.24, 2.45) is 0 Å². The summed E-state index contributed by atoms with van der Waals surface area (Å²) in [6.45, 7) is 7.03. The van der Waals surface area contributed by atoms with Gasteiger partial charge in [-0.1, -0.05) is 19.1 Å². The molecule has 4 heteroatoms. The van der Waals surface area contributed by atoms with Crippen LogP contribution in [0.15, 0.2) is 29.2 Å². The first kappa shape index (κ1) is 16.9. The largest absolute Gasteiger partial charge is 0.300 e. The second-order valence-electron chi connectivity index (χ2n) is 5.51. The van der Waals surface area contributed by atoms with E-state index in [9.17, 15) is 13.2 Å². The molecule has 3 nitrogen and oxygen atoms in total. The molecule has 0 amide bonds. The van der Waals surface area contributed by atoms with Crippen LogP contribution >= 0.6 is 0 Å². The lowest BCUT2D eigenvalue weighted by Crippen LogP contribution is -2.14. The summed E-state index contributed by atoms with van der Waals surface area (Å²) in [5.74, 6) is 0.413. The molecule has 1 atom stereocenters. The van der Waals surface area contributed by atoms with Gasteiger partial charge in [0.15, 0.2) is 9.84 Å². The highest BCUT2D eigenvalue weighted by Crippen LogP contribution is 2.27. The molecule has 0 saturated carbocycles. The van der Waals surface area contributed by atoms with E-state index < -0.39 is 15.1 Å². The Kier molecular flexibility index (Phi) is 5.93. The molecule has 0 bridgehead atoms. The average molecular weight is 296 g/mol. The van der Waals surface area contributed by atoms with Crippen LogP contribution in [0, 0.1) is 0 Å². The SMILES string of the molecule is CCC(CCC(C)=O)c1cccc(S(=O)(=O)C(C)C)c1. The number of ketones is 1. The van der Waals surface area contributed by atoms with E-state index in [1.807, 2.05) is 6.07 Å². The van der Waals surface area contributed by atoms with Gasteiger partial charge in [-0.05, 0) is 57.2 Å². The second-order valence-corrected chi connectivity index (χ2v) is 8.02. The molecule has 0 radical (unpaired) electrons. The number of benzene rings is 1. The van der Waals surface area contributed by atoms with Crippen molar-refractivity contribution in [3.63, 3.8) is 0 Å². The van der Waals surface area contributed by atoms with Crippen molar-refractivity contribution in [2.75, 3.05) is 0 Å². The zero-order valence-corrected chi connectivity index (χ0v) is 13.5. The molecule has 0 fully saturated rings. The minimum atomic E-state index is -3.24. The highest BCUT2D eigenvalue weighted by molar-refractivity contribution is 7.92. The maximum atomic E-state index is 12.2. The lowest BCUT2D eigenvalue weighted by molar-refractivity contribution is -0.117. The highest BCUT2D eigenvalue weighted by Gasteiger charge is 2.20. The number of sulfone groups is 1. The molecular weight excluding hydrogens is 272 g/mol. The second kappa shape index (κ2) is 7.02. The first-order valence-electron chi connectivity index (χ1n) is 7.12. The molecule has 1 unspecified atom stereocenters. The average Bonchev–Trinajstić information content (AvgIpc) is 2.39. The van der Waals surface area contributed by atoms with Crippen LogP contribution in [0.4, 0.5) is 0 Å². The van der Waals surface area contributed by atoms with E-state index in [0.717, 1.165) is 18.4 Å². The fraction of sp³-hybridized carbons (Fsp3) is 0.562. The standard InChI is InChI=1S/C16H24O3S/c1-5-14(10-9-13(4)17)15-7-6-8-16(11-15)20(18,19)12(2)3/h6-8,11-12,14H,5,9-10H2,1-4H3. The Balaban J connectivity index is 3.05. The van der Waals surface area contributed by atoms with Gasteiger partial charge in [-0.15, -0.1) is 0 Å². The van der Waals surface area contributed by atoms with E-state index in [-0.39, 0.29) is 11.7 Å². The van der Waals surface area contributed by atoms with Crippen LogP contribution in [0.2, 0.25) is 0 Å². The maximum absolute atomic E-state index is 12.2. The third kappa shape index (κ3) is 4.17. The van der Waals surface area contributed by atoms with Gasteiger partial charge in [0.05, 0.1) is 10.1 Å². The Hall–Kier alpha value is -1.16. The van der Waals surface area contributed by atoms with Gasteiger partial charge in [0.1, 0.15) is 5.78 Å². The van der Waals surface area contributed by atoms with Gasteiger partial charge >= 0.3 is 0 Å². The van der Waals surface area contributed by atoms with E-state index in [2.05, 4.69) is 6.92 Å². The highest BCUT2D eigenvalue weighted by atomic mass is 32.2. The van der Waals surface area contributed by atoms with Crippen molar-refractivity contribution >= 4 is 15.6 Å². The van der Waals surface area contributed by atoms with Gasteiger partial charge in [-0.3, -0.25) is 0 Å². The third-order valence-electron chi connectivity index (χ3n) is 3.62. The summed E-state index contributed by atoms with van der Waals surface area (Å²) in [4.78, 5) is 11.5. The lowest BCUT2D eigenvalue weighted by atomic mass is 9.91.